The molecule has 1 N–H and O–H groups in total. The van der Waals surface area contributed by atoms with Crippen molar-refractivity contribution in [2.24, 2.45) is 0 Å². The number of nitro groups is 1. The van der Waals surface area contributed by atoms with E-state index < -0.39 is 25.0 Å². The Labute approximate surface area is 191 Å². The summed E-state index contributed by atoms with van der Waals surface area (Å²) in [7, 11) is -6.89. The Morgan fingerprint density at radius 2 is 1.55 bits per heavy atom. The second-order valence-electron chi connectivity index (χ2n) is 6.72. The van der Waals surface area contributed by atoms with Crippen LogP contribution in [0, 0.1) is 10.1 Å². The molecule has 0 saturated heterocycles. The summed E-state index contributed by atoms with van der Waals surface area (Å²) >= 11 is 0. The number of anilines is 2. The van der Waals surface area contributed by atoms with E-state index in [1.807, 2.05) is 0 Å². The summed E-state index contributed by atoms with van der Waals surface area (Å²) in [5.74, 6) is 0.0993. The maximum Gasteiger partial charge on any atom is 0.269 e. The van der Waals surface area contributed by atoms with Gasteiger partial charge >= 0.3 is 0 Å². The van der Waals surface area contributed by atoms with E-state index in [0.717, 1.165) is 24.3 Å². The molecular weight excluding hydrogens is 470 g/mol. The van der Waals surface area contributed by atoms with Gasteiger partial charge in [-0.25, -0.2) is 16.8 Å². The third kappa shape index (κ3) is 5.07. The molecule has 3 rings (SSSR count). The molecule has 33 heavy (non-hydrogen) atoms. The second kappa shape index (κ2) is 9.46. The molecule has 174 valence electrons. The van der Waals surface area contributed by atoms with Gasteiger partial charge in [-0.2, -0.15) is 0 Å². The molecule has 0 bridgehead atoms. The number of sulfonamides is 2. The summed E-state index contributed by atoms with van der Waals surface area (Å²) in [5, 5.41) is 10.8. The van der Waals surface area contributed by atoms with Crippen LogP contribution in [-0.2, 0) is 20.0 Å². The number of nitrogens with zero attached hydrogens (tertiary/aromatic N) is 2. The van der Waals surface area contributed by atoms with Crippen LogP contribution in [0.3, 0.4) is 0 Å². The number of hydrogen-bond donors (Lipinski definition) is 1. The molecule has 0 amide bonds. The number of rotatable bonds is 9. The molecular formula is C21H21N3O7S2. The largest absolute Gasteiger partial charge is 0.495 e. The van der Waals surface area contributed by atoms with E-state index in [1.165, 1.54) is 29.6 Å². The van der Waals surface area contributed by atoms with Crippen molar-refractivity contribution in [2.75, 3.05) is 22.7 Å². The highest BCUT2D eigenvalue weighted by Gasteiger charge is 2.26. The van der Waals surface area contributed by atoms with Crippen LogP contribution in [0.25, 0.3) is 0 Å². The SMILES string of the molecule is CCN(c1ccccc1)S(=O)(=O)c1ccc(OC)c(NS(=O)(=O)c2ccc([N+](=O)[O-])cc2)c1. The van der Waals surface area contributed by atoms with Crippen molar-refractivity contribution in [3.8, 4) is 5.75 Å². The number of hydrogen-bond acceptors (Lipinski definition) is 7. The van der Waals surface area contributed by atoms with E-state index in [9.17, 15) is 26.9 Å². The Balaban J connectivity index is 2.01. The van der Waals surface area contributed by atoms with Gasteiger partial charge in [-0.15, -0.1) is 0 Å². The van der Waals surface area contributed by atoms with Crippen molar-refractivity contribution in [3.05, 3.63) is 82.9 Å². The van der Waals surface area contributed by atoms with Crippen molar-refractivity contribution in [1.82, 2.24) is 0 Å². The van der Waals surface area contributed by atoms with Gasteiger partial charge in [0.15, 0.2) is 0 Å². The summed E-state index contributed by atoms with van der Waals surface area (Å²) in [4.78, 5) is 9.79. The minimum atomic E-state index is -4.19. The first-order valence-corrected chi connectivity index (χ1v) is 12.6. The molecule has 0 unspecified atom stereocenters. The number of ether oxygens (including phenoxy) is 1. The van der Waals surface area contributed by atoms with E-state index in [2.05, 4.69) is 4.72 Å². The molecule has 0 fully saturated rings. The van der Waals surface area contributed by atoms with E-state index in [-0.39, 0.29) is 33.5 Å². The molecule has 0 radical (unpaired) electrons. The number of non-ortho nitro benzene ring substituents is 1. The molecule has 0 heterocycles. The molecule has 0 aromatic heterocycles. The van der Waals surface area contributed by atoms with Crippen LogP contribution in [0.1, 0.15) is 6.92 Å². The number of nitrogens with one attached hydrogen (secondary N) is 1. The van der Waals surface area contributed by atoms with Crippen molar-refractivity contribution in [1.29, 1.82) is 0 Å². The van der Waals surface area contributed by atoms with E-state index in [4.69, 9.17) is 4.74 Å². The number of methoxy groups -OCH3 is 1. The van der Waals surface area contributed by atoms with Crippen LogP contribution in [0.4, 0.5) is 17.1 Å². The number of nitro benzene ring substituents is 1. The molecule has 0 aliphatic rings. The lowest BCUT2D eigenvalue weighted by atomic mass is 10.3. The minimum absolute atomic E-state index is 0.0963. The first-order valence-electron chi connectivity index (χ1n) is 9.63. The van der Waals surface area contributed by atoms with E-state index >= 15 is 0 Å². The predicted molar refractivity (Wildman–Crippen MR) is 124 cm³/mol. The summed E-state index contributed by atoms with van der Waals surface area (Å²) in [5.41, 5.74) is 0.102. The summed E-state index contributed by atoms with van der Waals surface area (Å²) in [6.45, 7) is 1.84. The van der Waals surface area contributed by atoms with Gasteiger partial charge in [-0.1, -0.05) is 18.2 Å². The fraction of sp³-hybridized carbons (Fsp3) is 0.143. The number of benzene rings is 3. The first-order chi connectivity index (χ1) is 15.6. The molecule has 10 nitrogen and oxygen atoms in total. The van der Waals surface area contributed by atoms with Crippen molar-refractivity contribution in [2.45, 2.75) is 16.7 Å². The number of para-hydroxylation sites is 1. The van der Waals surface area contributed by atoms with Crippen molar-refractivity contribution in [3.63, 3.8) is 0 Å². The molecule has 0 spiro atoms. The van der Waals surface area contributed by atoms with Gasteiger partial charge in [0.25, 0.3) is 25.7 Å². The Morgan fingerprint density at radius 3 is 2.09 bits per heavy atom. The Kier molecular flexibility index (Phi) is 6.89. The van der Waals surface area contributed by atoms with Gasteiger partial charge in [-0.05, 0) is 49.4 Å². The van der Waals surface area contributed by atoms with Crippen molar-refractivity contribution >= 4 is 37.1 Å². The minimum Gasteiger partial charge on any atom is -0.495 e. The topological polar surface area (TPSA) is 136 Å². The third-order valence-electron chi connectivity index (χ3n) is 4.69. The van der Waals surface area contributed by atoms with Gasteiger partial charge in [0.2, 0.25) is 0 Å². The van der Waals surface area contributed by atoms with E-state index in [0.29, 0.717) is 5.69 Å². The standard InChI is InChI=1S/C21H21N3O7S2/c1-3-23(16-7-5-4-6-8-16)33(29,30)19-13-14-21(31-2)20(15-19)22-32(27,28)18-11-9-17(10-12-18)24(25)26/h4-15,22H,3H2,1-2H3. The van der Waals surface area contributed by atoms with Crippen LogP contribution in [0.5, 0.6) is 5.75 Å². The van der Waals surface area contributed by atoms with Gasteiger partial charge in [0.05, 0.1) is 33.2 Å². The molecule has 3 aromatic rings. The fourth-order valence-corrected chi connectivity index (χ4v) is 5.65. The van der Waals surface area contributed by atoms with Crippen LogP contribution >= 0.6 is 0 Å². The fourth-order valence-electron chi connectivity index (χ4n) is 3.09. The summed E-state index contributed by atoms with van der Waals surface area (Å²) in [6.07, 6.45) is 0. The van der Waals surface area contributed by atoms with Crippen LogP contribution in [0.15, 0.2) is 82.6 Å². The summed E-state index contributed by atoms with van der Waals surface area (Å²) in [6, 6.07) is 16.6. The Hall–Kier alpha value is -3.64. The van der Waals surface area contributed by atoms with Crippen LogP contribution in [-0.4, -0.2) is 35.4 Å². The summed E-state index contributed by atoms with van der Waals surface area (Å²) < 4.78 is 60.9. The van der Waals surface area contributed by atoms with Crippen LogP contribution in [0.2, 0.25) is 0 Å². The molecule has 3 aromatic carbocycles. The van der Waals surface area contributed by atoms with Crippen LogP contribution < -0.4 is 13.8 Å². The van der Waals surface area contributed by atoms with Gasteiger partial charge in [-0.3, -0.25) is 19.1 Å². The molecule has 0 atom stereocenters. The lowest BCUT2D eigenvalue weighted by Crippen LogP contribution is -2.30. The predicted octanol–water partition coefficient (Wildman–Crippen LogP) is 3.62. The lowest BCUT2D eigenvalue weighted by molar-refractivity contribution is -0.384. The maximum absolute atomic E-state index is 13.3. The molecule has 0 aliphatic carbocycles. The monoisotopic (exact) mass is 491 g/mol. The lowest BCUT2D eigenvalue weighted by Gasteiger charge is -2.23. The molecule has 0 saturated carbocycles. The average Bonchev–Trinajstić information content (AvgIpc) is 2.80. The normalized spacial score (nSPS) is 11.6. The highest BCUT2D eigenvalue weighted by molar-refractivity contribution is 7.93. The first kappa shape index (κ1) is 24.0. The zero-order valence-electron chi connectivity index (χ0n) is 17.7. The zero-order valence-corrected chi connectivity index (χ0v) is 19.3. The highest BCUT2D eigenvalue weighted by Crippen LogP contribution is 2.32. The van der Waals surface area contributed by atoms with Gasteiger partial charge < -0.3 is 4.74 Å². The average molecular weight is 492 g/mol. The molecule has 12 heteroatoms. The third-order valence-corrected chi connectivity index (χ3v) is 7.97. The zero-order chi connectivity index (χ0) is 24.2. The smallest absolute Gasteiger partial charge is 0.269 e. The quantitative estimate of drug-likeness (QED) is 0.357. The van der Waals surface area contributed by atoms with Crippen molar-refractivity contribution < 1.29 is 26.5 Å². The van der Waals surface area contributed by atoms with Gasteiger partial charge in [0.1, 0.15) is 5.75 Å². The second-order valence-corrected chi connectivity index (χ2v) is 10.3. The maximum atomic E-state index is 13.3. The van der Waals surface area contributed by atoms with Gasteiger partial charge in [0, 0.05) is 18.7 Å². The Bertz CT molecular complexity index is 1360. The molecule has 0 aliphatic heterocycles. The van der Waals surface area contributed by atoms with E-state index in [1.54, 1.807) is 37.3 Å². The highest BCUT2D eigenvalue weighted by atomic mass is 32.2. The Morgan fingerprint density at radius 1 is 0.939 bits per heavy atom.